The second-order valence-corrected chi connectivity index (χ2v) is 3.50. The van der Waals surface area contributed by atoms with Crippen molar-refractivity contribution < 1.29 is 9.53 Å². The van der Waals surface area contributed by atoms with Gasteiger partial charge in [-0.3, -0.25) is 0 Å². The van der Waals surface area contributed by atoms with Crippen LogP contribution in [0.3, 0.4) is 0 Å². The Morgan fingerprint density at radius 1 is 1.45 bits per heavy atom. The predicted octanol–water partition coefficient (Wildman–Crippen LogP) is 1.38. The first kappa shape index (κ1) is 6.95. The van der Waals surface area contributed by atoms with Crippen molar-refractivity contribution in [2.45, 2.75) is 31.2 Å². The van der Waals surface area contributed by atoms with Gasteiger partial charge in [0.25, 0.3) is 0 Å². The Kier molecular flexibility index (Phi) is 1.34. The van der Waals surface area contributed by atoms with E-state index >= 15 is 0 Å². The Balaban J connectivity index is 2.13. The summed E-state index contributed by atoms with van der Waals surface area (Å²) in [7, 11) is 1.85. The van der Waals surface area contributed by atoms with Gasteiger partial charge in [0.1, 0.15) is 0 Å². The molecule has 1 spiro atoms. The quantitative estimate of drug-likeness (QED) is 0.529. The minimum absolute atomic E-state index is 0.143. The molecule has 1 aliphatic heterocycles. The summed E-state index contributed by atoms with van der Waals surface area (Å²) in [5.41, 5.74) is 0.190. The lowest BCUT2D eigenvalue weighted by molar-refractivity contribution is -0.0305. The van der Waals surface area contributed by atoms with Crippen LogP contribution < -0.4 is 0 Å². The highest BCUT2D eigenvalue weighted by molar-refractivity contribution is 5.69. The van der Waals surface area contributed by atoms with Crippen molar-refractivity contribution in [2.24, 2.45) is 0 Å². The van der Waals surface area contributed by atoms with Crippen molar-refractivity contribution in [3.8, 4) is 0 Å². The molecule has 0 bridgehead atoms. The van der Waals surface area contributed by atoms with Gasteiger partial charge in [0.05, 0.1) is 6.61 Å². The topological polar surface area (TPSA) is 29.5 Å². The summed E-state index contributed by atoms with van der Waals surface area (Å²) in [5.74, 6) is 0. The molecule has 1 amide bonds. The van der Waals surface area contributed by atoms with Crippen LogP contribution in [0.1, 0.15) is 25.7 Å². The number of rotatable bonds is 0. The van der Waals surface area contributed by atoms with E-state index in [9.17, 15) is 4.79 Å². The maximum absolute atomic E-state index is 11.1. The van der Waals surface area contributed by atoms with Gasteiger partial charge >= 0.3 is 6.09 Å². The van der Waals surface area contributed by atoms with Crippen LogP contribution in [0.2, 0.25) is 0 Å². The predicted molar refractivity (Wildman–Crippen MR) is 40.3 cm³/mol. The second-order valence-electron chi connectivity index (χ2n) is 3.50. The fourth-order valence-electron chi connectivity index (χ4n) is 1.96. The normalized spacial score (nSPS) is 28.1. The summed E-state index contributed by atoms with van der Waals surface area (Å²) in [5, 5.41) is 0. The highest BCUT2D eigenvalue weighted by Gasteiger charge is 2.45. The number of carbonyl (C=O) groups excluding carboxylic acids is 1. The van der Waals surface area contributed by atoms with Crippen LogP contribution in [-0.2, 0) is 4.74 Å². The molecule has 2 rings (SSSR count). The third-order valence-electron chi connectivity index (χ3n) is 3.06. The molecule has 2 aliphatic rings. The molecule has 3 nitrogen and oxygen atoms in total. The average Bonchev–Trinajstić information content (AvgIpc) is 1.91. The van der Waals surface area contributed by atoms with Crippen LogP contribution >= 0.6 is 0 Å². The largest absolute Gasteiger partial charge is 0.449 e. The Morgan fingerprint density at radius 2 is 2.18 bits per heavy atom. The van der Waals surface area contributed by atoms with E-state index in [-0.39, 0.29) is 11.6 Å². The molecule has 62 valence electrons. The molecule has 0 radical (unpaired) electrons. The fraction of sp³-hybridized carbons (Fsp3) is 0.875. The molecule has 1 saturated carbocycles. The van der Waals surface area contributed by atoms with Crippen molar-refractivity contribution in [1.82, 2.24) is 4.90 Å². The fourth-order valence-corrected chi connectivity index (χ4v) is 1.96. The lowest BCUT2D eigenvalue weighted by Gasteiger charge is -2.50. The van der Waals surface area contributed by atoms with E-state index in [1.807, 2.05) is 7.05 Å². The van der Waals surface area contributed by atoms with Crippen LogP contribution in [0.25, 0.3) is 0 Å². The number of cyclic esters (lactones) is 1. The van der Waals surface area contributed by atoms with Crippen LogP contribution in [0.4, 0.5) is 4.79 Å². The van der Waals surface area contributed by atoms with E-state index in [1.54, 1.807) is 4.90 Å². The molecule has 11 heavy (non-hydrogen) atoms. The van der Waals surface area contributed by atoms with Crippen LogP contribution in [-0.4, -0.2) is 30.2 Å². The summed E-state index contributed by atoms with van der Waals surface area (Å²) in [6.07, 6.45) is 4.47. The number of nitrogens with zero attached hydrogens (tertiary/aromatic N) is 1. The highest BCUT2D eigenvalue weighted by atomic mass is 16.6. The summed E-state index contributed by atoms with van der Waals surface area (Å²) >= 11 is 0. The number of hydrogen-bond donors (Lipinski definition) is 0. The van der Waals surface area contributed by atoms with Crippen LogP contribution in [0, 0.1) is 0 Å². The third-order valence-corrected chi connectivity index (χ3v) is 3.06. The molecular weight excluding hydrogens is 142 g/mol. The van der Waals surface area contributed by atoms with Gasteiger partial charge in [-0.2, -0.15) is 0 Å². The minimum Gasteiger partial charge on any atom is -0.449 e. The van der Waals surface area contributed by atoms with Crippen LogP contribution in [0.15, 0.2) is 0 Å². The molecule has 2 fully saturated rings. The smallest absolute Gasteiger partial charge is 0.409 e. The van der Waals surface area contributed by atoms with E-state index in [2.05, 4.69) is 0 Å². The lowest BCUT2D eigenvalue weighted by Crippen LogP contribution is -2.58. The first-order chi connectivity index (χ1) is 5.25. The van der Waals surface area contributed by atoms with E-state index < -0.39 is 0 Å². The summed E-state index contributed by atoms with van der Waals surface area (Å²) in [6, 6.07) is 0. The van der Waals surface area contributed by atoms with Gasteiger partial charge in [-0.25, -0.2) is 4.79 Å². The number of carbonyl (C=O) groups is 1. The molecule has 0 N–H and O–H groups in total. The van der Waals surface area contributed by atoms with Crippen LogP contribution in [0.5, 0.6) is 0 Å². The van der Waals surface area contributed by atoms with E-state index in [1.165, 1.54) is 19.3 Å². The van der Waals surface area contributed by atoms with Gasteiger partial charge in [0, 0.05) is 19.0 Å². The van der Waals surface area contributed by atoms with E-state index in [4.69, 9.17) is 4.74 Å². The second kappa shape index (κ2) is 2.13. The molecule has 0 aromatic carbocycles. The van der Waals surface area contributed by atoms with Crippen molar-refractivity contribution >= 4 is 6.09 Å². The zero-order valence-corrected chi connectivity index (χ0v) is 6.80. The molecule has 0 atom stereocenters. The first-order valence-corrected chi connectivity index (χ1v) is 4.15. The number of ether oxygens (including phenoxy) is 1. The monoisotopic (exact) mass is 155 g/mol. The zero-order chi connectivity index (χ0) is 7.90. The first-order valence-electron chi connectivity index (χ1n) is 4.15. The molecule has 0 aromatic rings. The maximum Gasteiger partial charge on any atom is 0.409 e. The van der Waals surface area contributed by atoms with E-state index in [0.29, 0.717) is 6.61 Å². The van der Waals surface area contributed by atoms with Crippen molar-refractivity contribution in [3.63, 3.8) is 0 Å². The van der Waals surface area contributed by atoms with Gasteiger partial charge in [-0.1, -0.05) is 0 Å². The SMILES string of the molecule is CN1C(=O)OCCC12CCC2. The van der Waals surface area contributed by atoms with Gasteiger partial charge in [0.15, 0.2) is 0 Å². The molecule has 0 unspecified atom stereocenters. The summed E-state index contributed by atoms with van der Waals surface area (Å²) < 4.78 is 4.91. The van der Waals surface area contributed by atoms with Gasteiger partial charge in [-0.15, -0.1) is 0 Å². The van der Waals surface area contributed by atoms with Crippen molar-refractivity contribution in [3.05, 3.63) is 0 Å². The highest BCUT2D eigenvalue weighted by Crippen LogP contribution is 2.41. The standard InChI is InChI=1S/C8H13NO2/c1-9-7(10)11-6-5-8(9)3-2-4-8/h2-6H2,1H3. The Bertz CT molecular complexity index is 187. The summed E-state index contributed by atoms with van der Waals surface area (Å²) in [6.45, 7) is 0.614. The van der Waals surface area contributed by atoms with Gasteiger partial charge in [0.2, 0.25) is 0 Å². The summed E-state index contributed by atoms with van der Waals surface area (Å²) in [4.78, 5) is 12.9. The minimum atomic E-state index is -0.143. The number of hydrogen-bond acceptors (Lipinski definition) is 2. The zero-order valence-electron chi connectivity index (χ0n) is 6.80. The van der Waals surface area contributed by atoms with Gasteiger partial charge in [-0.05, 0) is 19.3 Å². The maximum atomic E-state index is 11.1. The molecule has 1 saturated heterocycles. The lowest BCUT2D eigenvalue weighted by atomic mass is 9.73. The van der Waals surface area contributed by atoms with E-state index in [0.717, 1.165) is 6.42 Å². The molecule has 1 aliphatic carbocycles. The molecule has 0 aromatic heterocycles. The average molecular weight is 155 g/mol. The Hall–Kier alpha value is -0.730. The third kappa shape index (κ3) is 0.832. The Morgan fingerprint density at radius 3 is 2.64 bits per heavy atom. The van der Waals surface area contributed by atoms with Gasteiger partial charge < -0.3 is 9.64 Å². The molecular formula is C8H13NO2. The molecule has 3 heteroatoms. The molecule has 1 heterocycles. The van der Waals surface area contributed by atoms with Crippen molar-refractivity contribution in [2.75, 3.05) is 13.7 Å². The Labute approximate surface area is 66.3 Å². The van der Waals surface area contributed by atoms with Crippen molar-refractivity contribution in [1.29, 1.82) is 0 Å². The number of amides is 1.